The molecule has 0 aromatic heterocycles. The van der Waals surface area contributed by atoms with Crippen molar-refractivity contribution in [3.05, 3.63) is 66.2 Å². The average molecular weight is 349 g/mol. The van der Waals surface area contributed by atoms with Crippen molar-refractivity contribution in [1.82, 2.24) is 9.80 Å². The van der Waals surface area contributed by atoms with Crippen LogP contribution in [0.15, 0.2) is 60.7 Å². The monoisotopic (exact) mass is 349 g/mol. The molecule has 2 aliphatic rings. The molecule has 0 radical (unpaired) electrons. The molecule has 2 aromatic rings. The van der Waals surface area contributed by atoms with Crippen LogP contribution in [0.5, 0.6) is 0 Å². The molecule has 134 valence electrons. The summed E-state index contributed by atoms with van der Waals surface area (Å²) in [5.41, 5.74) is 1.46. The van der Waals surface area contributed by atoms with E-state index in [2.05, 4.69) is 4.90 Å². The van der Waals surface area contributed by atoms with Crippen LogP contribution in [0.25, 0.3) is 0 Å². The number of piperazine rings is 1. The Morgan fingerprint density at radius 1 is 0.962 bits per heavy atom. The van der Waals surface area contributed by atoms with Gasteiger partial charge in [-0.3, -0.25) is 14.5 Å². The normalized spacial score (nSPS) is 23.7. The number of hydrogen-bond donors (Lipinski definition) is 0. The maximum absolute atomic E-state index is 12.8. The fourth-order valence-electron chi connectivity index (χ4n) is 4.04. The molecule has 1 atom stereocenters. The van der Waals surface area contributed by atoms with Crippen molar-refractivity contribution in [3.63, 3.8) is 0 Å². The molecule has 2 fully saturated rings. The Bertz CT molecular complexity index is 809. The van der Waals surface area contributed by atoms with Crippen LogP contribution in [0.2, 0.25) is 0 Å². The summed E-state index contributed by atoms with van der Waals surface area (Å²) in [6, 6.07) is 19.2. The molecule has 0 saturated carbocycles. The molecule has 5 nitrogen and oxygen atoms in total. The number of hydrogen-bond acceptors (Lipinski definition) is 3. The second-order valence-corrected chi connectivity index (χ2v) is 7.24. The van der Waals surface area contributed by atoms with Gasteiger partial charge in [-0.15, -0.1) is 0 Å². The summed E-state index contributed by atoms with van der Waals surface area (Å²) in [6.07, 6.45) is 0.874. The molecule has 2 aliphatic heterocycles. The summed E-state index contributed by atoms with van der Waals surface area (Å²) >= 11 is 0. The molecule has 2 aromatic carbocycles. The number of amides is 2. The Morgan fingerprint density at radius 3 is 2.31 bits per heavy atom. The zero-order valence-electron chi connectivity index (χ0n) is 15.0. The quantitative estimate of drug-likeness (QED) is 0.835. The molecule has 26 heavy (non-hydrogen) atoms. The summed E-state index contributed by atoms with van der Waals surface area (Å²) in [5, 5.41) is 0. The van der Waals surface area contributed by atoms with E-state index in [4.69, 9.17) is 0 Å². The Balaban J connectivity index is 1.56. The highest BCUT2D eigenvalue weighted by molar-refractivity contribution is 5.96. The summed E-state index contributed by atoms with van der Waals surface area (Å²) in [4.78, 5) is 31.3. The Kier molecular flexibility index (Phi) is 4.24. The maximum atomic E-state index is 12.8. The predicted octanol–water partition coefficient (Wildman–Crippen LogP) is 2.25. The predicted molar refractivity (Wildman–Crippen MR) is 101 cm³/mol. The van der Waals surface area contributed by atoms with E-state index in [1.165, 1.54) is 0 Å². The number of carbonyl (C=O) groups is 2. The van der Waals surface area contributed by atoms with Crippen LogP contribution >= 0.6 is 0 Å². The van der Waals surface area contributed by atoms with Gasteiger partial charge >= 0.3 is 0 Å². The van der Waals surface area contributed by atoms with Gasteiger partial charge in [-0.1, -0.05) is 36.4 Å². The molecular formula is C21H23N3O2. The van der Waals surface area contributed by atoms with Crippen LogP contribution < -0.4 is 4.90 Å². The first-order valence-electron chi connectivity index (χ1n) is 9.00. The van der Waals surface area contributed by atoms with E-state index in [1.54, 1.807) is 0 Å². The fourth-order valence-corrected chi connectivity index (χ4v) is 4.04. The van der Waals surface area contributed by atoms with Crippen molar-refractivity contribution in [1.29, 1.82) is 0 Å². The second-order valence-electron chi connectivity index (χ2n) is 7.24. The van der Waals surface area contributed by atoms with Gasteiger partial charge in [0.05, 0.1) is 12.1 Å². The van der Waals surface area contributed by atoms with Gasteiger partial charge in [0.1, 0.15) is 0 Å². The zero-order chi connectivity index (χ0) is 18.1. The van der Waals surface area contributed by atoms with E-state index < -0.39 is 0 Å². The lowest BCUT2D eigenvalue weighted by atomic mass is 9.92. The minimum Gasteiger partial charge on any atom is -0.337 e. The Morgan fingerprint density at radius 2 is 1.62 bits per heavy atom. The number of anilines is 1. The lowest BCUT2D eigenvalue weighted by Gasteiger charge is -2.46. The fraction of sp³-hybridized carbons (Fsp3) is 0.333. The smallest absolute Gasteiger partial charge is 0.253 e. The zero-order valence-corrected chi connectivity index (χ0v) is 15.0. The van der Waals surface area contributed by atoms with Crippen molar-refractivity contribution < 1.29 is 9.59 Å². The molecule has 2 heterocycles. The lowest BCUT2D eigenvalue weighted by molar-refractivity contribution is -0.123. The van der Waals surface area contributed by atoms with Gasteiger partial charge < -0.3 is 9.80 Å². The summed E-state index contributed by atoms with van der Waals surface area (Å²) in [7, 11) is 2.00. The van der Waals surface area contributed by atoms with Crippen LogP contribution in [-0.4, -0.2) is 60.4 Å². The highest BCUT2D eigenvalue weighted by Gasteiger charge is 2.48. The number of nitrogens with zero attached hydrogens (tertiary/aromatic N) is 3. The number of likely N-dealkylation sites (tertiary alicyclic amines) is 1. The molecular weight excluding hydrogens is 326 g/mol. The van der Waals surface area contributed by atoms with E-state index in [9.17, 15) is 9.59 Å². The van der Waals surface area contributed by atoms with Crippen molar-refractivity contribution in [3.8, 4) is 0 Å². The van der Waals surface area contributed by atoms with Gasteiger partial charge in [-0.25, -0.2) is 0 Å². The van der Waals surface area contributed by atoms with E-state index in [-0.39, 0.29) is 17.4 Å². The van der Waals surface area contributed by atoms with Gasteiger partial charge in [0.15, 0.2) is 0 Å². The van der Waals surface area contributed by atoms with E-state index in [0.717, 1.165) is 24.2 Å². The standard InChI is InChI=1S/C21H23N3O2/c1-22-14-19(25)24(18-10-6-3-7-11-18)16-21(22)12-13-23(15-21)20(26)17-8-4-2-5-9-17/h2-11H,12-16H2,1H3. The minimum atomic E-state index is -0.186. The number of rotatable bonds is 2. The third-order valence-corrected chi connectivity index (χ3v) is 5.64. The first-order chi connectivity index (χ1) is 12.6. The molecule has 0 aliphatic carbocycles. The Labute approximate surface area is 153 Å². The summed E-state index contributed by atoms with van der Waals surface area (Å²) < 4.78 is 0. The topological polar surface area (TPSA) is 43.9 Å². The highest BCUT2D eigenvalue weighted by atomic mass is 16.2. The van der Waals surface area contributed by atoms with Crippen LogP contribution in [0.1, 0.15) is 16.8 Å². The van der Waals surface area contributed by atoms with Gasteiger partial charge in [-0.05, 0) is 37.7 Å². The van der Waals surface area contributed by atoms with Crippen molar-refractivity contribution in [2.24, 2.45) is 0 Å². The molecule has 0 bridgehead atoms. The number of carbonyl (C=O) groups excluding carboxylic acids is 2. The first kappa shape index (κ1) is 16.8. The minimum absolute atomic E-state index is 0.0686. The van der Waals surface area contributed by atoms with Crippen LogP contribution in [0.4, 0.5) is 5.69 Å². The molecule has 1 unspecified atom stereocenters. The third-order valence-electron chi connectivity index (χ3n) is 5.64. The van der Waals surface area contributed by atoms with E-state index in [0.29, 0.717) is 19.6 Å². The van der Waals surface area contributed by atoms with Gasteiger partial charge in [0.25, 0.3) is 5.91 Å². The third kappa shape index (κ3) is 2.88. The number of likely N-dealkylation sites (N-methyl/N-ethyl adjacent to an activating group) is 1. The van der Waals surface area contributed by atoms with Crippen molar-refractivity contribution >= 4 is 17.5 Å². The Hall–Kier alpha value is -2.66. The van der Waals surface area contributed by atoms with Gasteiger partial charge in [0, 0.05) is 30.9 Å². The highest BCUT2D eigenvalue weighted by Crippen LogP contribution is 2.33. The van der Waals surface area contributed by atoms with Gasteiger partial charge in [-0.2, -0.15) is 0 Å². The molecule has 0 N–H and O–H groups in total. The van der Waals surface area contributed by atoms with Crippen molar-refractivity contribution in [2.45, 2.75) is 12.0 Å². The lowest BCUT2D eigenvalue weighted by Crippen LogP contribution is -2.64. The van der Waals surface area contributed by atoms with E-state index in [1.807, 2.05) is 77.5 Å². The molecule has 1 spiro atoms. The van der Waals surface area contributed by atoms with Crippen molar-refractivity contribution in [2.75, 3.05) is 38.1 Å². The van der Waals surface area contributed by atoms with Crippen LogP contribution in [0.3, 0.4) is 0 Å². The second kappa shape index (κ2) is 6.57. The van der Waals surface area contributed by atoms with Gasteiger partial charge in [0.2, 0.25) is 5.91 Å². The number of benzene rings is 2. The molecule has 5 heteroatoms. The summed E-state index contributed by atoms with van der Waals surface area (Å²) in [5.74, 6) is 0.177. The SMILES string of the molecule is CN1CC(=O)N(c2ccccc2)CC12CCN(C(=O)c1ccccc1)C2. The van der Waals surface area contributed by atoms with Crippen LogP contribution in [-0.2, 0) is 4.79 Å². The summed E-state index contributed by atoms with van der Waals surface area (Å²) in [6.45, 7) is 2.36. The average Bonchev–Trinajstić information content (AvgIpc) is 3.11. The van der Waals surface area contributed by atoms with Crippen LogP contribution in [0, 0.1) is 0 Å². The molecule has 2 saturated heterocycles. The molecule has 4 rings (SSSR count). The maximum Gasteiger partial charge on any atom is 0.253 e. The van der Waals surface area contributed by atoms with E-state index >= 15 is 0 Å². The number of para-hydroxylation sites is 1. The largest absolute Gasteiger partial charge is 0.337 e. The first-order valence-corrected chi connectivity index (χ1v) is 9.00. The molecule has 2 amide bonds.